The smallest absolute Gasteiger partial charge is 0.416 e. The van der Waals surface area contributed by atoms with Crippen molar-refractivity contribution < 1.29 is 36.2 Å². The number of hydrogen-bond donors (Lipinski definition) is 1. The van der Waals surface area contributed by atoms with Crippen LogP contribution in [-0.2, 0) is 27.4 Å². The van der Waals surface area contributed by atoms with Gasteiger partial charge in [-0.1, -0.05) is 61.5 Å². The number of aromatic nitrogens is 1. The summed E-state index contributed by atoms with van der Waals surface area (Å²) in [4.78, 5) is 26.8. The maximum absolute atomic E-state index is 14.3. The molecular weight excluding hydrogens is 597 g/mol. The second-order valence-corrected chi connectivity index (χ2v) is 12.8. The number of carbonyl (C=O) groups is 1. The third-order valence-corrected chi connectivity index (χ3v) is 9.43. The van der Waals surface area contributed by atoms with E-state index in [4.69, 9.17) is 4.74 Å². The molecule has 12 heteroatoms. The average Bonchev–Trinajstić information content (AvgIpc) is 2.96. The zero-order chi connectivity index (χ0) is 32.0. The van der Waals surface area contributed by atoms with Gasteiger partial charge in [0.25, 0.3) is 15.6 Å². The molecule has 1 aliphatic heterocycles. The normalized spacial score (nSPS) is 16.7. The number of sulfonamides is 1. The molecule has 0 spiro atoms. The van der Waals surface area contributed by atoms with Gasteiger partial charge in [0.2, 0.25) is 0 Å². The summed E-state index contributed by atoms with van der Waals surface area (Å²) in [6.07, 6.45) is -5.11. The summed E-state index contributed by atoms with van der Waals surface area (Å²) in [7, 11) is -4.57. The van der Waals surface area contributed by atoms with E-state index in [1.807, 2.05) is 30.3 Å². The van der Waals surface area contributed by atoms with Crippen molar-refractivity contribution in [2.75, 3.05) is 13.1 Å². The van der Waals surface area contributed by atoms with Gasteiger partial charge in [-0.15, -0.1) is 0 Å². The lowest BCUT2D eigenvalue weighted by Crippen LogP contribution is -2.50. The Balaban J connectivity index is 1.98. The zero-order valence-electron chi connectivity index (χ0n) is 24.3. The van der Waals surface area contributed by atoms with Gasteiger partial charge in [-0.05, 0) is 54.3 Å². The van der Waals surface area contributed by atoms with Crippen LogP contribution in [0.5, 0.6) is 5.75 Å². The largest absolute Gasteiger partial charge is 0.485 e. The quantitative estimate of drug-likeness (QED) is 0.253. The van der Waals surface area contributed by atoms with Crippen LogP contribution in [0.1, 0.15) is 49.9 Å². The number of ether oxygens (including phenoxy) is 1. The van der Waals surface area contributed by atoms with E-state index >= 15 is 0 Å². The summed E-state index contributed by atoms with van der Waals surface area (Å²) in [6, 6.07) is 15.4. The van der Waals surface area contributed by atoms with Gasteiger partial charge in [-0.2, -0.15) is 17.5 Å². The molecule has 0 amide bonds. The fourth-order valence-corrected chi connectivity index (χ4v) is 7.65. The van der Waals surface area contributed by atoms with Crippen LogP contribution in [0.3, 0.4) is 0 Å². The van der Waals surface area contributed by atoms with Crippen molar-refractivity contribution in [3.63, 3.8) is 0 Å². The fraction of sp³-hybridized carbons (Fsp3) is 0.312. The molecule has 1 atom stereocenters. The van der Waals surface area contributed by atoms with Crippen LogP contribution >= 0.6 is 0 Å². The van der Waals surface area contributed by atoms with Crippen LogP contribution in [0, 0.1) is 0 Å². The van der Waals surface area contributed by atoms with Crippen molar-refractivity contribution in [1.29, 1.82) is 0 Å². The Labute approximate surface area is 252 Å². The van der Waals surface area contributed by atoms with E-state index < -0.39 is 57.0 Å². The molecule has 4 aromatic rings. The highest BCUT2D eigenvalue weighted by Gasteiger charge is 2.45. The lowest BCUT2D eigenvalue weighted by Gasteiger charge is -2.36. The Morgan fingerprint density at radius 2 is 1.75 bits per heavy atom. The molecule has 0 bridgehead atoms. The lowest BCUT2D eigenvalue weighted by molar-refractivity contribution is -0.141. The highest BCUT2D eigenvalue weighted by Crippen LogP contribution is 2.43. The van der Waals surface area contributed by atoms with Crippen LogP contribution in [0.25, 0.3) is 21.9 Å². The minimum absolute atomic E-state index is 0.0504. The standard InChI is InChI=1S/C32H31F3N2O6S/c1-4-15-36-18-26(31(39)40)37-29(38)28(43-19(2)3)25(17-21-11-7-10-20-9-5-6-14-24(20)21)27(30(37)44(36,41)42)22-12-8-13-23(16-22)32(33,34)35/h5-14,16,19,26H,4,15,17-18H2,1-3H3,(H,39,40). The number of nitrogens with zero attached hydrogens (tertiary/aromatic N) is 2. The molecule has 0 aliphatic carbocycles. The minimum Gasteiger partial charge on any atom is -0.485 e. The van der Waals surface area contributed by atoms with Gasteiger partial charge in [0.15, 0.2) is 10.8 Å². The second kappa shape index (κ2) is 11.7. The highest BCUT2D eigenvalue weighted by atomic mass is 32.2. The Morgan fingerprint density at radius 3 is 2.41 bits per heavy atom. The number of benzene rings is 3. The maximum atomic E-state index is 14.3. The summed E-state index contributed by atoms with van der Waals surface area (Å²) in [6.45, 7) is 4.43. The van der Waals surface area contributed by atoms with E-state index in [0.29, 0.717) is 16.6 Å². The van der Waals surface area contributed by atoms with E-state index in [1.165, 1.54) is 6.07 Å². The molecule has 44 heavy (non-hydrogen) atoms. The van der Waals surface area contributed by atoms with Gasteiger partial charge in [0, 0.05) is 30.6 Å². The number of halogens is 3. The summed E-state index contributed by atoms with van der Waals surface area (Å²) < 4.78 is 78.0. The molecule has 0 fully saturated rings. The number of fused-ring (bicyclic) bond motifs is 2. The second-order valence-electron chi connectivity index (χ2n) is 10.9. The van der Waals surface area contributed by atoms with Crippen molar-refractivity contribution in [1.82, 2.24) is 8.87 Å². The molecule has 0 saturated carbocycles. The number of rotatable bonds is 8. The van der Waals surface area contributed by atoms with E-state index in [-0.39, 0.29) is 35.4 Å². The van der Waals surface area contributed by atoms with Crippen LogP contribution in [0.4, 0.5) is 13.2 Å². The molecule has 1 aromatic heterocycles. The van der Waals surface area contributed by atoms with Gasteiger partial charge >= 0.3 is 12.1 Å². The molecule has 0 saturated heterocycles. The van der Waals surface area contributed by atoms with E-state index in [1.54, 1.807) is 32.9 Å². The zero-order valence-corrected chi connectivity index (χ0v) is 25.1. The topological polar surface area (TPSA) is 106 Å². The van der Waals surface area contributed by atoms with Crippen molar-refractivity contribution in [2.24, 2.45) is 0 Å². The number of pyridine rings is 1. The number of aliphatic carboxylic acids is 1. The molecule has 0 radical (unpaired) electrons. The third-order valence-electron chi connectivity index (χ3n) is 7.53. The van der Waals surface area contributed by atoms with Crippen LogP contribution in [0.2, 0.25) is 0 Å². The summed E-state index contributed by atoms with van der Waals surface area (Å²) >= 11 is 0. The third kappa shape index (κ3) is 5.59. The SMILES string of the molecule is CCCN1CC(C(=O)O)n2c(c(-c3cccc(C(F)(F)F)c3)c(Cc3cccc4ccccc34)c(OC(C)C)c2=O)S1(=O)=O. The number of alkyl halides is 3. The molecule has 1 aliphatic rings. The molecular formula is C32H31F3N2O6S. The van der Waals surface area contributed by atoms with Crippen molar-refractivity contribution in [3.05, 3.63) is 93.8 Å². The van der Waals surface area contributed by atoms with Crippen molar-refractivity contribution >= 4 is 26.8 Å². The Bertz CT molecular complexity index is 1910. The number of carboxylic acid groups (broad SMARTS) is 1. The number of carboxylic acids is 1. The van der Waals surface area contributed by atoms with Gasteiger partial charge in [0.05, 0.1) is 11.7 Å². The van der Waals surface area contributed by atoms with Gasteiger partial charge in [-0.25, -0.2) is 13.2 Å². The first-order valence-electron chi connectivity index (χ1n) is 14.1. The van der Waals surface area contributed by atoms with Crippen molar-refractivity contribution in [2.45, 2.75) is 57.0 Å². The number of hydrogen-bond acceptors (Lipinski definition) is 5. The molecule has 232 valence electrons. The first-order valence-corrected chi connectivity index (χ1v) is 15.5. The van der Waals surface area contributed by atoms with Gasteiger partial charge < -0.3 is 9.84 Å². The fourth-order valence-electron chi connectivity index (χ4n) is 5.69. The molecule has 8 nitrogen and oxygen atoms in total. The molecule has 5 rings (SSSR count). The van der Waals surface area contributed by atoms with E-state index in [2.05, 4.69) is 0 Å². The minimum atomic E-state index is -4.76. The van der Waals surface area contributed by atoms with Crippen molar-refractivity contribution in [3.8, 4) is 16.9 Å². The van der Waals surface area contributed by atoms with Crippen LogP contribution in [0.15, 0.2) is 76.6 Å². The lowest BCUT2D eigenvalue weighted by atomic mass is 9.92. The van der Waals surface area contributed by atoms with Gasteiger partial charge in [0.1, 0.15) is 6.04 Å². The maximum Gasteiger partial charge on any atom is 0.416 e. The van der Waals surface area contributed by atoms with Crippen LogP contribution in [-0.4, -0.2) is 47.6 Å². The Kier molecular flexibility index (Phi) is 8.34. The monoisotopic (exact) mass is 628 g/mol. The molecule has 3 aromatic carbocycles. The van der Waals surface area contributed by atoms with Gasteiger partial charge in [-0.3, -0.25) is 9.36 Å². The summed E-state index contributed by atoms with van der Waals surface area (Å²) in [5, 5.41) is 11.2. The first kappa shape index (κ1) is 31.3. The Hall–Kier alpha value is -4.16. The highest BCUT2D eigenvalue weighted by molar-refractivity contribution is 7.89. The molecule has 1 N–H and O–H groups in total. The predicted molar refractivity (Wildman–Crippen MR) is 159 cm³/mol. The molecule has 1 unspecified atom stereocenters. The van der Waals surface area contributed by atoms with E-state index in [9.17, 15) is 36.3 Å². The average molecular weight is 629 g/mol. The Morgan fingerprint density at radius 1 is 1.07 bits per heavy atom. The predicted octanol–water partition coefficient (Wildman–Crippen LogP) is 6.11. The van der Waals surface area contributed by atoms with E-state index in [0.717, 1.165) is 33.3 Å². The summed E-state index contributed by atoms with van der Waals surface area (Å²) in [5.41, 5.74) is -1.63. The van der Waals surface area contributed by atoms with Crippen LogP contribution < -0.4 is 10.3 Å². The summed E-state index contributed by atoms with van der Waals surface area (Å²) in [5.74, 6) is -1.77. The molecule has 2 heterocycles. The first-order chi connectivity index (χ1) is 20.8.